The Kier molecular flexibility index (Phi) is 7.30. The Hall–Kier alpha value is -2.22. The van der Waals surface area contributed by atoms with Crippen LogP contribution in [0.3, 0.4) is 0 Å². The molecule has 232 valence electrons. The van der Waals surface area contributed by atoms with E-state index < -0.39 is 11.7 Å². The average Bonchev–Trinajstić information content (AvgIpc) is 3.14. The summed E-state index contributed by atoms with van der Waals surface area (Å²) in [5, 5.41) is 6.29. The smallest absolute Gasteiger partial charge is 0.378 e. The number of hydrogen-bond donors (Lipinski definition) is 2. The SMILES string of the molecule is CN1CCC(N2CCN(C34CC(Nc5ncc(C(F)(F)F)c(NCCCN6C(=O)C7COCC6C7)n5)(C3)C4)CC2)CC1. The number of aromatic nitrogens is 2. The first-order valence-electron chi connectivity index (χ1n) is 15.7. The van der Waals surface area contributed by atoms with Crippen molar-refractivity contribution < 1.29 is 22.7 Å². The minimum atomic E-state index is -4.56. The third-order valence-electron chi connectivity index (χ3n) is 10.8. The Morgan fingerprint density at radius 2 is 1.79 bits per heavy atom. The lowest BCUT2D eigenvalue weighted by Crippen LogP contribution is -2.82. The summed E-state index contributed by atoms with van der Waals surface area (Å²) < 4.78 is 46.8. The Bertz CT molecular complexity index is 1150. The molecule has 0 spiro atoms. The van der Waals surface area contributed by atoms with Crippen molar-refractivity contribution >= 4 is 17.7 Å². The van der Waals surface area contributed by atoms with Gasteiger partial charge in [0, 0.05) is 62.6 Å². The molecule has 2 N–H and O–H groups in total. The molecule has 7 aliphatic rings. The summed E-state index contributed by atoms with van der Waals surface area (Å²) in [6.07, 6.45) is 3.12. The second kappa shape index (κ2) is 10.7. The van der Waals surface area contributed by atoms with Crippen LogP contribution in [-0.2, 0) is 15.7 Å². The van der Waals surface area contributed by atoms with Crippen molar-refractivity contribution in [3.63, 3.8) is 0 Å². The highest BCUT2D eigenvalue weighted by Gasteiger charge is 2.70. The van der Waals surface area contributed by atoms with E-state index in [0.29, 0.717) is 32.2 Å². The molecular weight excluding hydrogens is 549 g/mol. The van der Waals surface area contributed by atoms with Crippen LogP contribution < -0.4 is 10.6 Å². The van der Waals surface area contributed by atoms with Gasteiger partial charge in [-0.15, -0.1) is 0 Å². The van der Waals surface area contributed by atoms with Gasteiger partial charge in [-0.3, -0.25) is 14.6 Å². The van der Waals surface area contributed by atoms with Crippen molar-refractivity contribution in [1.29, 1.82) is 0 Å². The highest BCUT2D eigenvalue weighted by Crippen LogP contribution is 2.64. The average molecular weight is 593 g/mol. The molecule has 3 aliphatic carbocycles. The number of nitrogens with zero attached hydrogens (tertiary/aromatic N) is 6. The molecule has 10 nitrogen and oxygen atoms in total. The molecule has 1 amide bonds. The Labute approximate surface area is 245 Å². The third kappa shape index (κ3) is 5.24. The maximum Gasteiger partial charge on any atom is 0.421 e. The number of piperidine rings is 1. The summed E-state index contributed by atoms with van der Waals surface area (Å²) in [5.41, 5.74) is -0.779. The number of likely N-dealkylation sites (tertiary alicyclic amines) is 2. The number of hydrogen-bond acceptors (Lipinski definition) is 9. The zero-order chi connectivity index (χ0) is 29.1. The predicted octanol–water partition coefficient (Wildman–Crippen LogP) is 2.34. The van der Waals surface area contributed by atoms with Gasteiger partial charge in [0.25, 0.3) is 0 Å². The van der Waals surface area contributed by atoms with Crippen LogP contribution in [-0.4, -0.2) is 131 Å². The molecule has 0 radical (unpaired) electrons. The molecule has 4 saturated heterocycles. The van der Waals surface area contributed by atoms with Gasteiger partial charge in [0.05, 0.1) is 25.2 Å². The lowest BCUT2D eigenvalue weighted by molar-refractivity contribution is -0.164. The molecule has 0 aromatic carbocycles. The number of rotatable bonds is 9. The number of anilines is 2. The van der Waals surface area contributed by atoms with E-state index in [-0.39, 0.29) is 47.3 Å². The Morgan fingerprint density at radius 1 is 1.05 bits per heavy atom. The molecule has 5 heterocycles. The lowest BCUT2D eigenvalue weighted by Gasteiger charge is -2.74. The first kappa shape index (κ1) is 28.5. The molecule has 1 aromatic rings. The zero-order valence-corrected chi connectivity index (χ0v) is 24.5. The van der Waals surface area contributed by atoms with Crippen molar-refractivity contribution in [3.05, 3.63) is 11.8 Å². The molecule has 42 heavy (non-hydrogen) atoms. The monoisotopic (exact) mass is 592 g/mol. The highest BCUT2D eigenvalue weighted by atomic mass is 19.4. The van der Waals surface area contributed by atoms with E-state index in [1.165, 1.54) is 25.9 Å². The highest BCUT2D eigenvalue weighted by molar-refractivity contribution is 5.82. The van der Waals surface area contributed by atoms with Gasteiger partial charge < -0.3 is 25.2 Å². The van der Waals surface area contributed by atoms with Gasteiger partial charge in [-0.05, 0) is 65.1 Å². The number of carbonyl (C=O) groups excluding carboxylic acids is 1. The van der Waals surface area contributed by atoms with Gasteiger partial charge in [-0.25, -0.2) is 4.98 Å². The fourth-order valence-corrected chi connectivity index (χ4v) is 8.51. The topological polar surface area (TPSA) is 89.1 Å². The summed E-state index contributed by atoms with van der Waals surface area (Å²) in [7, 11) is 2.20. The summed E-state index contributed by atoms with van der Waals surface area (Å²) in [5.74, 6) is 0.0547. The first-order chi connectivity index (χ1) is 20.1. The number of fused-ring (bicyclic) bond motifs is 2. The molecule has 7 fully saturated rings. The maximum atomic E-state index is 13.8. The molecule has 4 bridgehead atoms. The molecule has 1 aromatic heterocycles. The molecule has 2 unspecified atom stereocenters. The summed E-state index contributed by atoms with van der Waals surface area (Å²) >= 11 is 0. The van der Waals surface area contributed by atoms with Gasteiger partial charge >= 0.3 is 6.18 Å². The molecular formula is C29H43F3N8O2. The second-order valence-corrected chi connectivity index (χ2v) is 13.6. The molecule has 2 atom stereocenters. The molecule has 8 rings (SSSR count). The number of carbonyl (C=O) groups is 1. The van der Waals surface area contributed by atoms with E-state index in [1.54, 1.807) is 0 Å². The number of alkyl halides is 3. The van der Waals surface area contributed by atoms with Crippen molar-refractivity contribution in [3.8, 4) is 0 Å². The fraction of sp³-hybridized carbons (Fsp3) is 0.828. The largest absolute Gasteiger partial charge is 0.421 e. The van der Waals surface area contributed by atoms with E-state index in [0.717, 1.165) is 58.1 Å². The van der Waals surface area contributed by atoms with Gasteiger partial charge in [0.1, 0.15) is 11.4 Å². The van der Waals surface area contributed by atoms with E-state index in [9.17, 15) is 18.0 Å². The van der Waals surface area contributed by atoms with Gasteiger partial charge in [0.2, 0.25) is 11.9 Å². The predicted molar refractivity (Wildman–Crippen MR) is 151 cm³/mol. The van der Waals surface area contributed by atoms with Crippen LogP contribution >= 0.6 is 0 Å². The van der Waals surface area contributed by atoms with Crippen LogP contribution in [0.1, 0.15) is 50.5 Å². The molecule has 13 heteroatoms. The zero-order valence-electron chi connectivity index (χ0n) is 24.5. The van der Waals surface area contributed by atoms with Gasteiger partial charge in [-0.2, -0.15) is 18.2 Å². The molecule has 3 saturated carbocycles. The Balaban J connectivity index is 0.912. The van der Waals surface area contributed by atoms with Crippen molar-refractivity contribution in [1.82, 2.24) is 29.6 Å². The maximum absolute atomic E-state index is 13.8. The molecule has 4 aliphatic heterocycles. The van der Waals surface area contributed by atoms with Crippen LogP contribution in [0.5, 0.6) is 0 Å². The number of nitrogens with one attached hydrogen (secondary N) is 2. The minimum absolute atomic E-state index is 0.0751. The van der Waals surface area contributed by atoms with Crippen LogP contribution in [0.15, 0.2) is 6.20 Å². The summed E-state index contributed by atoms with van der Waals surface area (Å²) in [6, 6.07) is 0.789. The number of amides is 1. The number of halogens is 3. The van der Waals surface area contributed by atoms with Crippen LogP contribution in [0.4, 0.5) is 24.9 Å². The van der Waals surface area contributed by atoms with E-state index in [2.05, 4.69) is 42.3 Å². The van der Waals surface area contributed by atoms with Crippen molar-refractivity contribution in [2.75, 3.05) is 83.3 Å². The van der Waals surface area contributed by atoms with Crippen LogP contribution in [0, 0.1) is 5.92 Å². The third-order valence-corrected chi connectivity index (χ3v) is 10.8. The van der Waals surface area contributed by atoms with Gasteiger partial charge in [-0.1, -0.05) is 0 Å². The minimum Gasteiger partial charge on any atom is -0.378 e. The first-order valence-corrected chi connectivity index (χ1v) is 15.7. The van der Waals surface area contributed by atoms with E-state index in [4.69, 9.17) is 4.74 Å². The second-order valence-electron chi connectivity index (χ2n) is 13.6. The normalized spacial score (nSPS) is 34.3. The lowest BCUT2D eigenvalue weighted by atomic mass is 9.43. The number of ether oxygens (including phenoxy) is 1. The summed E-state index contributed by atoms with van der Waals surface area (Å²) in [4.78, 5) is 30.4. The Morgan fingerprint density at radius 3 is 2.48 bits per heavy atom. The quantitative estimate of drug-likeness (QED) is 0.420. The van der Waals surface area contributed by atoms with Crippen molar-refractivity contribution in [2.24, 2.45) is 5.92 Å². The van der Waals surface area contributed by atoms with Crippen LogP contribution in [0.2, 0.25) is 0 Å². The van der Waals surface area contributed by atoms with Crippen molar-refractivity contribution in [2.45, 2.75) is 74.3 Å². The standard InChI is InChI=1S/C29H43F3N8O2/c1-37-7-3-21(4-8-37)38-9-11-39(12-10-38)28-17-27(18-28,19-28)36-26-34-14-23(29(30,31)32)24(35-26)33-5-2-6-40-22-13-20(25(40)41)15-42-16-22/h14,20-22H,2-13,15-19H2,1H3,(H2,33,34,35,36). The van der Waals surface area contributed by atoms with Gasteiger partial charge in [0.15, 0.2) is 0 Å². The summed E-state index contributed by atoms with van der Waals surface area (Å²) in [6.45, 7) is 8.55. The van der Waals surface area contributed by atoms with E-state index >= 15 is 0 Å². The van der Waals surface area contributed by atoms with E-state index in [1.807, 2.05) is 4.90 Å². The number of piperazine rings is 1. The fourth-order valence-electron chi connectivity index (χ4n) is 8.51. The van der Waals surface area contributed by atoms with Crippen LogP contribution in [0.25, 0.3) is 0 Å².